The van der Waals surface area contributed by atoms with Gasteiger partial charge in [-0.05, 0) is 25.2 Å². The zero-order valence-electron chi connectivity index (χ0n) is 15.7. The van der Waals surface area contributed by atoms with Crippen LogP contribution in [0.2, 0.25) is 0 Å². The third kappa shape index (κ3) is 11.1. The lowest BCUT2D eigenvalue weighted by Crippen LogP contribution is -2.21. The van der Waals surface area contributed by atoms with Gasteiger partial charge in [0.05, 0.1) is 12.5 Å². The molecule has 2 unspecified atom stereocenters. The van der Waals surface area contributed by atoms with Gasteiger partial charge in [0, 0.05) is 0 Å². The molecule has 0 aliphatic rings. The zero-order chi connectivity index (χ0) is 16.6. The number of carbonyl (C=O) groups excluding carboxylic acids is 1. The monoisotopic (exact) mass is 312 g/mol. The molecular weight excluding hydrogens is 272 g/mol. The van der Waals surface area contributed by atoms with Crippen molar-refractivity contribution >= 4 is 5.97 Å². The van der Waals surface area contributed by atoms with Crippen molar-refractivity contribution in [1.82, 2.24) is 0 Å². The van der Waals surface area contributed by atoms with Crippen LogP contribution in [0.25, 0.3) is 0 Å². The lowest BCUT2D eigenvalue weighted by atomic mass is 9.97. The van der Waals surface area contributed by atoms with Gasteiger partial charge >= 0.3 is 5.97 Å². The summed E-state index contributed by atoms with van der Waals surface area (Å²) in [4.78, 5) is 12.2. The van der Waals surface area contributed by atoms with Crippen LogP contribution in [0.1, 0.15) is 105 Å². The highest BCUT2D eigenvalue weighted by Crippen LogP contribution is 2.19. The van der Waals surface area contributed by atoms with Gasteiger partial charge in [-0.15, -0.1) is 0 Å². The van der Waals surface area contributed by atoms with Crippen LogP contribution in [0, 0.1) is 11.8 Å². The molecule has 0 saturated carbocycles. The van der Waals surface area contributed by atoms with Crippen molar-refractivity contribution in [3.63, 3.8) is 0 Å². The summed E-state index contributed by atoms with van der Waals surface area (Å²) in [6.07, 6.45) is 14.4. The first kappa shape index (κ1) is 21.5. The van der Waals surface area contributed by atoms with E-state index >= 15 is 0 Å². The van der Waals surface area contributed by atoms with E-state index in [1.807, 2.05) is 0 Å². The second kappa shape index (κ2) is 15.4. The molecule has 0 heterocycles. The summed E-state index contributed by atoms with van der Waals surface area (Å²) in [6.45, 7) is 9.41. The predicted octanol–water partition coefficient (Wildman–Crippen LogP) is 6.52. The summed E-state index contributed by atoms with van der Waals surface area (Å²) in [5.74, 6) is 0.721. The third-order valence-electron chi connectivity index (χ3n) is 4.74. The van der Waals surface area contributed by atoms with E-state index in [2.05, 4.69) is 27.7 Å². The zero-order valence-corrected chi connectivity index (χ0v) is 15.7. The third-order valence-corrected chi connectivity index (χ3v) is 4.74. The van der Waals surface area contributed by atoms with Gasteiger partial charge < -0.3 is 4.74 Å². The van der Waals surface area contributed by atoms with E-state index in [0.717, 1.165) is 25.7 Å². The molecule has 0 aliphatic carbocycles. The SMILES string of the molecule is CCCCCCC(CC)COC(=O)C(CC)CCCCCC. The molecule has 2 nitrogen and oxygen atoms in total. The van der Waals surface area contributed by atoms with Gasteiger partial charge in [-0.2, -0.15) is 0 Å². The van der Waals surface area contributed by atoms with E-state index in [1.54, 1.807) is 0 Å². The quantitative estimate of drug-likeness (QED) is 0.254. The minimum atomic E-state index is 0.0472. The van der Waals surface area contributed by atoms with Crippen molar-refractivity contribution in [2.45, 2.75) is 105 Å². The van der Waals surface area contributed by atoms with Crippen LogP contribution in [0.15, 0.2) is 0 Å². The second-order valence-corrected chi connectivity index (χ2v) is 6.71. The molecule has 132 valence electrons. The minimum absolute atomic E-state index is 0.0472. The van der Waals surface area contributed by atoms with Gasteiger partial charge in [0.25, 0.3) is 0 Å². The van der Waals surface area contributed by atoms with E-state index in [1.165, 1.54) is 51.4 Å². The Morgan fingerprint density at radius 1 is 0.773 bits per heavy atom. The van der Waals surface area contributed by atoms with E-state index in [9.17, 15) is 4.79 Å². The topological polar surface area (TPSA) is 26.3 Å². The second-order valence-electron chi connectivity index (χ2n) is 6.71. The van der Waals surface area contributed by atoms with Gasteiger partial charge in [-0.25, -0.2) is 0 Å². The van der Waals surface area contributed by atoms with E-state index < -0.39 is 0 Å². The Bertz CT molecular complexity index is 250. The van der Waals surface area contributed by atoms with Crippen LogP contribution < -0.4 is 0 Å². The molecule has 0 aliphatic heterocycles. The molecule has 0 rings (SSSR count). The van der Waals surface area contributed by atoms with Crippen molar-refractivity contribution in [2.24, 2.45) is 11.8 Å². The normalized spacial score (nSPS) is 13.8. The van der Waals surface area contributed by atoms with Crippen LogP contribution >= 0.6 is 0 Å². The Morgan fingerprint density at radius 3 is 1.86 bits per heavy atom. The van der Waals surface area contributed by atoms with Crippen molar-refractivity contribution < 1.29 is 9.53 Å². The fourth-order valence-electron chi connectivity index (χ4n) is 2.89. The average Bonchev–Trinajstić information content (AvgIpc) is 2.54. The molecular formula is C20H40O2. The number of rotatable bonds is 15. The number of ether oxygens (including phenoxy) is 1. The van der Waals surface area contributed by atoms with Crippen molar-refractivity contribution in [2.75, 3.05) is 6.61 Å². The Labute approximate surface area is 139 Å². The highest BCUT2D eigenvalue weighted by Gasteiger charge is 2.19. The van der Waals surface area contributed by atoms with E-state index in [4.69, 9.17) is 4.74 Å². The first-order chi connectivity index (χ1) is 10.7. The molecule has 0 radical (unpaired) electrons. The standard InChI is InChI=1S/C20H40O2/c1-5-9-11-13-15-18(7-3)17-22-20(21)19(8-4)16-14-12-10-6-2/h18-19H,5-17H2,1-4H3. The summed E-state index contributed by atoms with van der Waals surface area (Å²) in [5, 5.41) is 0. The van der Waals surface area contributed by atoms with Gasteiger partial charge in [0.1, 0.15) is 0 Å². The van der Waals surface area contributed by atoms with Gasteiger partial charge in [-0.3, -0.25) is 4.79 Å². The van der Waals surface area contributed by atoms with Crippen LogP contribution in [0.4, 0.5) is 0 Å². The molecule has 2 heteroatoms. The molecule has 0 spiro atoms. The number of hydrogen-bond acceptors (Lipinski definition) is 2. The molecule has 0 aromatic rings. The van der Waals surface area contributed by atoms with Crippen molar-refractivity contribution in [3.8, 4) is 0 Å². The summed E-state index contributed by atoms with van der Waals surface area (Å²) in [6, 6.07) is 0. The maximum Gasteiger partial charge on any atom is 0.308 e. The largest absolute Gasteiger partial charge is 0.465 e. The highest BCUT2D eigenvalue weighted by molar-refractivity contribution is 5.72. The first-order valence-corrected chi connectivity index (χ1v) is 9.86. The molecule has 2 atom stereocenters. The van der Waals surface area contributed by atoms with Crippen LogP contribution in [-0.4, -0.2) is 12.6 Å². The molecule has 0 fully saturated rings. The molecule has 0 bridgehead atoms. The van der Waals surface area contributed by atoms with Crippen molar-refractivity contribution in [1.29, 1.82) is 0 Å². The fourth-order valence-corrected chi connectivity index (χ4v) is 2.89. The Kier molecular flexibility index (Phi) is 15.0. The maximum atomic E-state index is 12.2. The smallest absolute Gasteiger partial charge is 0.308 e. The summed E-state index contributed by atoms with van der Waals surface area (Å²) in [5.41, 5.74) is 0. The maximum absolute atomic E-state index is 12.2. The van der Waals surface area contributed by atoms with Gasteiger partial charge in [-0.1, -0.05) is 85.5 Å². The van der Waals surface area contributed by atoms with Crippen molar-refractivity contribution in [3.05, 3.63) is 0 Å². The highest BCUT2D eigenvalue weighted by atomic mass is 16.5. The Hall–Kier alpha value is -0.530. The Morgan fingerprint density at radius 2 is 1.36 bits per heavy atom. The average molecular weight is 313 g/mol. The molecule has 0 amide bonds. The number of carbonyl (C=O) groups is 1. The summed E-state index contributed by atoms with van der Waals surface area (Å²) < 4.78 is 5.62. The Balaban J connectivity index is 3.93. The van der Waals surface area contributed by atoms with Crippen LogP contribution in [0.5, 0.6) is 0 Å². The number of unbranched alkanes of at least 4 members (excludes halogenated alkanes) is 6. The van der Waals surface area contributed by atoms with Gasteiger partial charge in [0.2, 0.25) is 0 Å². The molecule has 0 aromatic heterocycles. The van der Waals surface area contributed by atoms with Gasteiger partial charge in [0.15, 0.2) is 0 Å². The molecule has 22 heavy (non-hydrogen) atoms. The van der Waals surface area contributed by atoms with Crippen LogP contribution in [-0.2, 0) is 9.53 Å². The minimum Gasteiger partial charge on any atom is -0.465 e. The predicted molar refractivity (Wildman–Crippen MR) is 96.0 cm³/mol. The fraction of sp³-hybridized carbons (Fsp3) is 0.950. The van der Waals surface area contributed by atoms with Crippen LogP contribution in [0.3, 0.4) is 0 Å². The molecule has 0 N–H and O–H groups in total. The van der Waals surface area contributed by atoms with E-state index in [0.29, 0.717) is 12.5 Å². The lowest BCUT2D eigenvalue weighted by molar-refractivity contribution is -0.150. The molecule has 0 aromatic carbocycles. The molecule has 0 saturated heterocycles. The lowest BCUT2D eigenvalue weighted by Gasteiger charge is -2.18. The number of esters is 1. The van der Waals surface area contributed by atoms with E-state index in [-0.39, 0.29) is 11.9 Å². The number of hydrogen-bond donors (Lipinski definition) is 0. The first-order valence-electron chi connectivity index (χ1n) is 9.86. The summed E-state index contributed by atoms with van der Waals surface area (Å²) in [7, 11) is 0. The summed E-state index contributed by atoms with van der Waals surface area (Å²) >= 11 is 0.